The zero-order valence-corrected chi connectivity index (χ0v) is 44.3. The van der Waals surface area contributed by atoms with Crippen LogP contribution in [0.4, 0.5) is 0 Å². The van der Waals surface area contributed by atoms with Crippen molar-refractivity contribution in [2.75, 3.05) is 92.0 Å². The first-order valence-electron chi connectivity index (χ1n) is 26.4. The summed E-state index contributed by atoms with van der Waals surface area (Å²) in [5.74, 6) is 1.66. The molecule has 0 unspecified atom stereocenters. The minimum Gasteiger partial charge on any atom is -0.492 e. The first-order chi connectivity index (χ1) is 36.9. The van der Waals surface area contributed by atoms with Crippen LogP contribution < -0.4 is 25.6 Å². The van der Waals surface area contributed by atoms with Gasteiger partial charge in [0.05, 0.1) is 71.2 Å². The molecule has 8 aromatic rings. The van der Waals surface area contributed by atoms with Crippen LogP contribution in [0.2, 0.25) is 5.15 Å². The summed E-state index contributed by atoms with van der Waals surface area (Å²) in [5.41, 5.74) is 7.46. The predicted molar refractivity (Wildman–Crippen MR) is 297 cm³/mol. The largest absolute Gasteiger partial charge is 0.494 e. The molecule has 4 N–H and O–H groups in total. The zero-order valence-electron chi connectivity index (χ0n) is 43.6. The Morgan fingerprint density at radius 3 is 2.03 bits per heavy atom. The summed E-state index contributed by atoms with van der Waals surface area (Å²) < 4.78 is 34.9. The molecule has 16 nitrogen and oxygen atoms in total. The Kier molecular flexibility index (Phi) is 15.0. The van der Waals surface area contributed by atoms with Crippen LogP contribution in [0.3, 0.4) is 0 Å². The SMILES string of the molecule is CC1(C)OB(c2cccc(OCCN3CCOCC3)c2)OC1(C)C.O=C1NCCc2[nH]c3c(ccc4cnc(-c5cccc(OCCN6CCOCC6)c5)cc43)c21.O=C1NCCc2nc3c(ccc4c[nH]c(Cl)cc43)c21. The lowest BCUT2D eigenvalue weighted by atomic mass is 9.79. The third-order valence-corrected chi connectivity index (χ3v) is 15.5. The maximum absolute atomic E-state index is 12.4. The molecule has 2 amide bonds. The van der Waals surface area contributed by atoms with Gasteiger partial charge in [0.2, 0.25) is 0 Å². The first-order valence-corrected chi connectivity index (χ1v) is 26.8. The van der Waals surface area contributed by atoms with Crippen molar-refractivity contribution in [3.05, 3.63) is 125 Å². The highest BCUT2D eigenvalue weighted by molar-refractivity contribution is 6.62. The fourth-order valence-corrected chi connectivity index (χ4v) is 10.5. The Labute approximate surface area is 447 Å². The van der Waals surface area contributed by atoms with Crippen LogP contribution in [0.15, 0.2) is 97.3 Å². The third kappa shape index (κ3) is 11.0. The highest BCUT2D eigenvalue weighted by Gasteiger charge is 2.51. The van der Waals surface area contributed by atoms with Crippen molar-refractivity contribution in [3.8, 4) is 22.8 Å². The molecule has 0 saturated carbocycles. The van der Waals surface area contributed by atoms with Gasteiger partial charge in [0.1, 0.15) is 29.9 Å². The van der Waals surface area contributed by atoms with Crippen molar-refractivity contribution in [1.29, 1.82) is 0 Å². The summed E-state index contributed by atoms with van der Waals surface area (Å²) in [6.07, 6.45) is 5.35. The number of aromatic nitrogens is 4. The second-order valence-corrected chi connectivity index (χ2v) is 21.1. The summed E-state index contributed by atoms with van der Waals surface area (Å²) in [6.45, 7) is 19.8. The van der Waals surface area contributed by atoms with Gasteiger partial charge in [0, 0.05) is 121 Å². The molecule has 0 radical (unpaired) electrons. The van der Waals surface area contributed by atoms with E-state index in [0.717, 1.165) is 167 Å². The molecule has 3 saturated heterocycles. The van der Waals surface area contributed by atoms with E-state index in [9.17, 15) is 9.59 Å². The molecule has 13 rings (SSSR count). The number of H-pyrrole nitrogens is 2. The number of ether oxygens (including phenoxy) is 4. The Morgan fingerprint density at radius 2 is 1.32 bits per heavy atom. The third-order valence-electron chi connectivity index (χ3n) is 15.3. The second-order valence-electron chi connectivity index (χ2n) is 20.7. The maximum atomic E-state index is 12.4. The Bertz CT molecular complexity index is 3410. The number of aromatic amines is 2. The highest BCUT2D eigenvalue weighted by atomic mass is 35.5. The van der Waals surface area contributed by atoms with E-state index >= 15 is 0 Å². The van der Waals surface area contributed by atoms with E-state index in [4.69, 9.17) is 44.8 Å². The van der Waals surface area contributed by atoms with E-state index in [1.807, 2.05) is 85.2 Å². The average Bonchev–Trinajstić information content (AvgIpc) is 4.17. The molecule has 18 heteroatoms. The molecule has 5 aliphatic heterocycles. The standard InChI is InChI=1S/C26H26N4O3.C18H28BNO4.C14H10ClN3O/c31-26-24-20-5-4-18-16-28-23(15-21(18)25(20)29-22(24)6-7-27-26)17-2-1-3-19(14-17)33-13-10-30-8-11-32-12-9-30;1-17(2)18(3,4)24-19(23-17)15-6-5-7-16(14-15)22-13-10-20-8-11-21-12-9-20;15-11-5-9-7(6-17-11)1-2-8-12-10(18-13(8)9)3-4-16-14(12)19/h1-5,14-16,29H,6-13H2,(H,27,31);5-7,14H,8-13H2,1-4H3;1-2,5-6,17H,3-4H2,(H,16,19). The number of carbonyl (C=O) groups is 2. The molecule has 0 atom stereocenters. The van der Waals surface area contributed by atoms with Crippen molar-refractivity contribution in [3.63, 3.8) is 0 Å². The van der Waals surface area contributed by atoms with Gasteiger partial charge in [0.25, 0.3) is 11.8 Å². The fraction of sp³-hybridized carbons (Fsp3) is 0.379. The molecule has 76 heavy (non-hydrogen) atoms. The summed E-state index contributed by atoms with van der Waals surface area (Å²) >= 11 is 6.01. The lowest BCUT2D eigenvalue weighted by Crippen LogP contribution is -2.41. The summed E-state index contributed by atoms with van der Waals surface area (Å²) in [5, 5.41) is 12.4. The van der Waals surface area contributed by atoms with Crippen LogP contribution in [-0.2, 0) is 31.6 Å². The lowest BCUT2D eigenvalue weighted by Gasteiger charge is -2.32. The molecule has 4 aromatic carbocycles. The topological polar surface area (TPSA) is 177 Å². The molecular formula is C58H64BClN8O8. The van der Waals surface area contributed by atoms with Gasteiger partial charge in [0.15, 0.2) is 0 Å². The van der Waals surface area contributed by atoms with Crippen molar-refractivity contribution in [1.82, 2.24) is 40.4 Å². The number of pyridine rings is 2. The van der Waals surface area contributed by atoms with Gasteiger partial charge in [-0.2, -0.15) is 0 Å². The number of hydrogen-bond acceptors (Lipinski definition) is 12. The van der Waals surface area contributed by atoms with Crippen LogP contribution in [0, 0.1) is 0 Å². The molecule has 0 aliphatic carbocycles. The van der Waals surface area contributed by atoms with Gasteiger partial charge in [-0.15, -0.1) is 0 Å². The molecule has 0 spiro atoms. The molecular weight excluding hydrogens is 983 g/mol. The molecule has 394 valence electrons. The van der Waals surface area contributed by atoms with Crippen molar-refractivity contribution in [2.24, 2.45) is 0 Å². The maximum Gasteiger partial charge on any atom is 0.494 e. The smallest absolute Gasteiger partial charge is 0.492 e. The fourth-order valence-electron chi connectivity index (χ4n) is 10.3. The number of carbonyl (C=O) groups excluding carboxylic acids is 2. The van der Waals surface area contributed by atoms with E-state index in [1.54, 1.807) is 0 Å². The number of hydrogen-bond donors (Lipinski definition) is 4. The summed E-state index contributed by atoms with van der Waals surface area (Å²) in [6, 6.07) is 28.0. The van der Waals surface area contributed by atoms with Gasteiger partial charge in [-0.25, -0.2) is 0 Å². The number of amides is 2. The Morgan fingerprint density at radius 1 is 0.684 bits per heavy atom. The zero-order chi connectivity index (χ0) is 52.4. The highest BCUT2D eigenvalue weighted by Crippen LogP contribution is 2.37. The molecule has 5 aliphatic rings. The average molecular weight is 1050 g/mol. The van der Waals surface area contributed by atoms with E-state index in [0.29, 0.717) is 37.0 Å². The van der Waals surface area contributed by atoms with Crippen LogP contribution in [0.1, 0.15) is 59.8 Å². The lowest BCUT2D eigenvalue weighted by molar-refractivity contribution is 0.00578. The summed E-state index contributed by atoms with van der Waals surface area (Å²) in [7, 11) is -0.349. The van der Waals surface area contributed by atoms with Gasteiger partial charge >= 0.3 is 7.12 Å². The number of fused-ring (bicyclic) bond motifs is 10. The first kappa shape index (κ1) is 51.5. The molecule has 4 aromatic heterocycles. The number of morpholine rings is 2. The van der Waals surface area contributed by atoms with Gasteiger partial charge in [-0.3, -0.25) is 29.4 Å². The van der Waals surface area contributed by atoms with Crippen LogP contribution >= 0.6 is 11.6 Å². The Hall–Kier alpha value is -6.57. The van der Waals surface area contributed by atoms with Gasteiger partial charge in [-0.05, 0) is 69.6 Å². The molecule has 0 bridgehead atoms. The predicted octanol–water partition coefficient (Wildman–Crippen LogP) is 7.73. The minimum atomic E-state index is -0.349. The quantitative estimate of drug-likeness (QED) is 0.0776. The van der Waals surface area contributed by atoms with Crippen LogP contribution in [-0.4, -0.2) is 152 Å². The van der Waals surface area contributed by atoms with E-state index in [-0.39, 0.29) is 30.1 Å². The number of nitrogens with zero attached hydrogens (tertiary/aromatic N) is 4. The second kappa shape index (κ2) is 22.2. The summed E-state index contributed by atoms with van der Waals surface area (Å²) in [4.78, 5) is 45.0. The monoisotopic (exact) mass is 1050 g/mol. The van der Waals surface area contributed by atoms with Crippen molar-refractivity contribution in [2.45, 2.75) is 51.7 Å². The number of nitrogens with one attached hydrogen (secondary N) is 4. The van der Waals surface area contributed by atoms with Gasteiger partial charge in [-0.1, -0.05) is 60.1 Å². The number of halogens is 1. The van der Waals surface area contributed by atoms with Gasteiger partial charge < -0.3 is 48.9 Å². The van der Waals surface area contributed by atoms with Crippen LogP contribution in [0.25, 0.3) is 54.6 Å². The number of rotatable bonds is 10. The Balaban J connectivity index is 0.000000127. The molecule has 9 heterocycles. The van der Waals surface area contributed by atoms with Crippen molar-refractivity contribution < 1.29 is 37.8 Å². The van der Waals surface area contributed by atoms with E-state index in [1.165, 1.54) is 0 Å². The molecule has 3 fully saturated rings. The number of benzene rings is 4. The van der Waals surface area contributed by atoms with Crippen LogP contribution in [0.5, 0.6) is 11.5 Å². The minimum absolute atomic E-state index is 0.00180. The van der Waals surface area contributed by atoms with Crippen molar-refractivity contribution >= 4 is 79.3 Å². The van der Waals surface area contributed by atoms with E-state index in [2.05, 4.69) is 75.2 Å². The normalized spacial score (nSPS) is 18.3. The van der Waals surface area contributed by atoms with E-state index < -0.39 is 0 Å².